The van der Waals surface area contributed by atoms with Gasteiger partial charge in [-0.05, 0) is 42.9 Å². The second-order valence-electron chi connectivity index (χ2n) is 5.46. The SMILES string of the molecule is CCC1CCC(NC(=O)c2cc(O)ccc2N)C1C. The van der Waals surface area contributed by atoms with Gasteiger partial charge in [-0.15, -0.1) is 0 Å². The van der Waals surface area contributed by atoms with Crippen molar-refractivity contribution in [1.29, 1.82) is 0 Å². The fraction of sp³-hybridized carbons (Fsp3) is 0.533. The molecule has 1 aromatic rings. The zero-order chi connectivity index (χ0) is 14.0. The molecule has 19 heavy (non-hydrogen) atoms. The van der Waals surface area contributed by atoms with E-state index in [1.165, 1.54) is 12.1 Å². The number of phenolic OH excluding ortho intramolecular Hbond substituents is 1. The van der Waals surface area contributed by atoms with E-state index in [1.807, 2.05) is 0 Å². The first kappa shape index (κ1) is 13.7. The Labute approximate surface area is 114 Å². The van der Waals surface area contributed by atoms with Gasteiger partial charge in [0.2, 0.25) is 0 Å². The van der Waals surface area contributed by atoms with Crippen LogP contribution in [0.15, 0.2) is 18.2 Å². The van der Waals surface area contributed by atoms with Crippen LogP contribution in [0.1, 0.15) is 43.5 Å². The van der Waals surface area contributed by atoms with Crippen LogP contribution in [0.2, 0.25) is 0 Å². The van der Waals surface area contributed by atoms with Gasteiger partial charge in [0, 0.05) is 11.7 Å². The second kappa shape index (κ2) is 5.51. The predicted molar refractivity (Wildman–Crippen MR) is 76.0 cm³/mol. The maximum atomic E-state index is 12.2. The van der Waals surface area contributed by atoms with E-state index in [-0.39, 0.29) is 17.7 Å². The number of aromatic hydroxyl groups is 1. The number of phenols is 1. The molecule has 0 bridgehead atoms. The minimum Gasteiger partial charge on any atom is -0.508 e. The van der Waals surface area contributed by atoms with Crippen molar-refractivity contribution in [1.82, 2.24) is 5.32 Å². The van der Waals surface area contributed by atoms with E-state index in [2.05, 4.69) is 19.2 Å². The predicted octanol–water partition coefficient (Wildman–Crippen LogP) is 2.53. The molecule has 104 valence electrons. The summed E-state index contributed by atoms with van der Waals surface area (Å²) < 4.78 is 0. The van der Waals surface area contributed by atoms with E-state index in [4.69, 9.17) is 5.73 Å². The van der Waals surface area contributed by atoms with E-state index in [1.54, 1.807) is 6.07 Å². The van der Waals surface area contributed by atoms with Gasteiger partial charge >= 0.3 is 0 Å². The smallest absolute Gasteiger partial charge is 0.253 e. The Hall–Kier alpha value is -1.71. The molecular weight excluding hydrogens is 240 g/mol. The number of hydrogen-bond acceptors (Lipinski definition) is 3. The molecule has 1 aliphatic carbocycles. The van der Waals surface area contributed by atoms with Gasteiger partial charge in [-0.2, -0.15) is 0 Å². The highest BCUT2D eigenvalue weighted by atomic mass is 16.3. The number of nitrogens with one attached hydrogen (secondary N) is 1. The molecule has 4 heteroatoms. The van der Waals surface area contributed by atoms with Crippen LogP contribution >= 0.6 is 0 Å². The molecule has 1 saturated carbocycles. The maximum Gasteiger partial charge on any atom is 0.253 e. The van der Waals surface area contributed by atoms with Crippen LogP contribution in [-0.4, -0.2) is 17.1 Å². The van der Waals surface area contributed by atoms with Crippen LogP contribution in [0.25, 0.3) is 0 Å². The topological polar surface area (TPSA) is 75.3 Å². The zero-order valence-electron chi connectivity index (χ0n) is 11.5. The number of anilines is 1. The van der Waals surface area contributed by atoms with Crippen LogP contribution < -0.4 is 11.1 Å². The lowest BCUT2D eigenvalue weighted by Gasteiger charge is -2.21. The fourth-order valence-corrected chi connectivity index (χ4v) is 3.01. The highest BCUT2D eigenvalue weighted by Crippen LogP contribution is 2.34. The van der Waals surface area contributed by atoms with E-state index in [0.29, 0.717) is 23.1 Å². The average Bonchev–Trinajstić information content (AvgIpc) is 2.73. The summed E-state index contributed by atoms with van der Waals surface area (Å²) in [5, 5.41) is 12.5. The molecule has 2 rings (SSSR count). The fourth-order valence-electron chi connectivity index (χ4n) is 3.01. The molecule has 3 atom stereocenters. The molecular formula is C15H22N2O2. The number of amides is 1. The number of hydrogen-bond donors (Lipinski definition) is 3. The number of carbonyl (C=O) groups excluding carboxylic acids is 1. The zero-order valence-corrected chi connectivity index (χ0v) is 11.5. The van der Waals surface area contributed by atoms with Gasteiger partial charge in [-0.3, -0.25) is 4.79 Å². The number of nitrogens with two attached hydrogens (primary N) is 1. The van der Waals surface area contributed by atoms with Crippen molar-refractivity contribution >= 4 is 11.6 Å². The van der Waals surface area contributed by atoms with Crippen molar-refractivity contribution in [2.45, 2.75) is 39.2 Å². The Morgan fingerprint density at radius 2 is 2.21 bits per heavy atom. The lowest BCUT2D eigenvalue weighted by Crippen LogP contribution is -2.37. The van der Waals surface area contributed by atoms with E-state index < -0.39 is 0 Å². The Morgan fingerprint density at radius 1 is 1.47 bits per heavy atom. The van der Waals surface area contributed by atoms with Gasteiger partial charge in [0.1, 0.15) is 5.75 Å². The molecule has 1 amide bonds. The molecule has 1 fully saturated rings. The molecule has 4 nitrogen and oxygen atoms in total. The first-order chi connectivity index (χ1) is 9.02. The highest BCUT2D eigenvalue weighted by molar-refractivity contribution is 5.99. The Kier molecular flexibility index (Phi) is 3.98. The first-order valence-electron chi connectivity index (χ1n) is 6.92. The number of benzene rings is 1. The number of nitrogen functional groups attached to an aromatic ring is 1. The summed E-state index contributed by atoms with van der Waals surface area (Å²) in [7, 11) is 0. The summed E-state index contributed by atoms with van der Waals surface area (Å²) in [6.07, 6.45) is 3.34. The third kappa shape index (κ3) is 2.83. The first-order valence-corrected chi connectivity index (χ1v) is 6.92. The van der Waals surface area contributed by atoms with Crippen LogP contribution in [0.5, 0.6) is 5.75 Å². The van der Waals surface area contributed by atoms with Gasteiger partial charge in [0.15, 0.2) is 0 Å². The molecule has 1 aliphatic rings. The van der Waals surface area contributed by atoms with Gasteiger partial charge in [-0.1, -0.05) is 20.3 Å². The minimum absolute atomic E-state index is 0.0604. The van der Waals surface area contributed by atoms with Crippen LogP contribution in [0.3, 0.4) is 0 Å². The Morgan fingerprint density at radius 3 is 2.84 bits per heavy atom. The van der Waals surface area contributed by atoms with Gasteiger partial charge in [-0.25, -0.2) is 0 Å². The third-order valence-electron chi connectivity index (χ3n) is 4.35. The summed E-state index contributed by atoms with van der Waals surface area (Å²) >= 11 is 0. The monoisotopic (exact) mass is 262 g/mol. The molecule has 4 N–H and O–H groups in total. The lowest BCUT2D eigenvalue weighted by molar-refractivity contribution is 0.0927. The van der Waals surface area contributed by atoms with Crippen LogP contribution in [0.4, 0.5) is 5.69 Å². The van der Waals surface area contributed by atoms with Gasteiger partial charge in [0.25, 0.3) is 5.91 Å². The summed E-state index contributed by atoms with van der Waals surface area (Å²) in [5.74, 6) is 1.05. The third-order valence-corrected chi connectivity index (χ3v) is 4.35. The van der Waals surface area contributed by atoms with Crippen molar-refractivity contribution in [2.75, 3.05) is 5.73 Å². The summed E-state index contributed by atoms with van der Waals surface area (Å²) in [6.45, 7) is 4.39. The molecule has 0 spiro atoms. The molecule has 0 heterocycles. The Balaban J connectivity index is 2.07. The van der Waals surface area contributed by atoms with Gasteiger partial charge < -0.3 is 16.2 Å². The van der Waals surface area contributed by atoms with Crippen LogP contribution in [-0.2, 0) is 0 Å². The largest absolute Gasteiger partial charge is 0.508 e. The molecule has 1 aromatic carbocycles. The average molecular weight is 262 g/mol. The highest BCUT2D eigenvalue weighted by Gasteiger charge is 2.32. The van der Waals surface area contributed by atoms with E-state index in [9.17, 15) is 9.90 Å². The summed E-state index contributed by atoms with van der Waals surface area (Å²) in [5.41, 5.74) is 6.53. The van der Waals surface area contributed by atoms with Crippen LogP contribution in [0, 0.1) is 11.8 Å². The normalized spacial score (nSPS) is 26.3. The van der Waals surface area contributed by atoms with Crippen molar-refractivity contribution in [3.8, 4) is 5.75 Å². The molecule has 0 saturated heterocycles. The molecule has 3 unspecified atom stereocenters. The van der Waals surface area contributed by atoms with E-state index in [0.717, 1.165) is 19.3 Å². The minimum atomic E-state index is -0.193. The van der Waals surface area contributed by atoms with Gasteiger partial charge in [0.05, 0.1) is 5.56 Å². The maximum absolute atomic E-state index is 12.2. The lowest BCUT2D eigenvalue weighted by atomic mass is 9.93. The van der Waals surface area contributed by atoms with Crippen molar-refractivity contribution in [3.63, 3.8) is 0 Å². The van der Waals surface area contributed by atoms with Crippen molar-refractivity contribution < 1.29 is 9.90 Å². The second-order valence-corrected chi connectivity index (χ2v) is 5.46. The molecule has 0 radical (unpaired) electrons. The number of rotatable bonds is 3. The number of carbonyl (C=O) groups is 1. The van der Waals surface area contributed by atoms with Crippen molar-refractivity contribution in [3.05, 3.63) is 23.8 Å². The van der Waals surface area contributed by atoms with E-state index >= 15 is 0 Å². The molecule has 0 aromatic heterocycles. The summed E-state index contributed by atoms with van der Waals surface area (Å²) in [6, 6.07) is 4.66. The summed E-state index contributed by atoms with van der Waals surface area (Å²) in [4.78, 5) is 12.2. The standard InChI is InChI=1S/C15H22N2O2/c1-3-10-4-7-14(9(10)2)17-15(19)12-8-11(18)5-6-13(12)16/h5-6,8-10,14,18H,3-4,7,16H2,1-2H3,(H,17,19). The van der Waals surface area contributed by atoms with Crippen molar-refractivity contribution in [2.24, 2.45) is 11.8 Å². The Bertz CT molecular complexity index is 473. The molecule has 0 aliphatic heterocycles. The quantitative estimate of drug-likeness (QED) is 0.579.